The molecule has 2 aromatic carbocycles. The minimum Gasteiger partial charge on any atom is -0.313 e. The van der Waals surface area contributed by atoms with Gasteiger partial charge in [-0.25, -0.2) is 0 Å². The monoisotopic (exact) mass is 213 g/mol. The number of hydrogen-bond acceptors (Lipinski definition) is 2. The smallest absolute Gasteiger partial charge is 0.150 e. The van der Waals surface area contributed by atoms with Crippen molar-refractivity contribution < 1.29 is 4.79 Å². The van der Waals surface area contributed by atoms with Gasteiger partial charge in [0.05, 0.1) is 6.54 Å². The van der Waals surface area contributed by atoms with Gasteiger partial charge in [-0.1, -0.05) is 42.5 Å². The predicted octanol–water partition coefficient (Wildman–Crippen LogP) is 2.17. The van der Waals surface area contributed by atoms with E-state index in [0.717, 1.165) is 5.56 Å². The molecule has 0 saturated carbocycles. The summed E-state index contributed by atoms with van der Waals surface area (Å²) in [7, 11) is 1.79. The SMILES string of the molecule is CNCC(=O)Cc1cccc2ccccc12. The zero-order valence-electron chi connectivity index (χ0n) is 9.36. The molecule has 16 heavy (non-hydrogen) atoms. The van der Waals surface area contributed by atoms with E-state index in [0.29, 0.717) is 13.0 Å². The predicted molar refractivity (Wildman–Crippen MR) is 66.6 cm³/mol. The molecular formula is C14H15NO. The summed E-state index contributed by atoms with van der Waals surface area (Å²) in [6.07, 6.45) is 0.502. The molecule has 0 radical (unpaired) electrons. The van der Waals surface area contributed by atoms with Crippen LogP contribution < -0.4 is 5.32 Å². The van der Waals surface area contributed by atoms with E-state index in [1.807, 2.05) is 24.3 Å². The molecule has 2 aromatic rings. The fourth-order valence-corrected chi connectivity index (χ4v) is 1.92. The lowest BCUT2D eigenvalue weighted by molar-refractivity contribution is -0.117. The third-order valence-electron chi connectivity index (χ3n) is 2.64. The van der Waals surface area contributed by atoms with Crippen LogP contribution in [0.1, 0.15) is 5.56 Å². The Morgan fingerprint density at radius 2 is 1.88 bits per heavy atom. The van der Waals surface area contributed by atoms with Crippen molar-refractivity contribution >= 4 is 16.6 Å². The number of ketones is 1. The summed E-state index contributed by atoms with van der Waals surface area (Å²) < 4.78 is 0. The molecule has 0 bridgehead atoms. The van der Waals surface area contributed by atoms with Gasteiger partial charge in [0.25, 0.3) is 0 Å². The highest BCUT2D eigenvalue weighted by molar-refractivity contribution is 5.91. The molecule has 0 amide bonds. The lowest BCUT2D eigenvalue weighted by Crippen LogP contribution is -2.20. The molecule has 82 valence electrons. The fourth-order valence-electron chi connectivity index (χ4n) is 1.92. The van der Waals surface area contributed by atoms with Gasteiger partial charge in [0.15, 0.2) is 5.78 Å². The van der Waals surface area contributed by atoms with E-state index in [1.54, 1.807) is 7.05 Å². The van der Waals surface area contributed by atoms with Crippen LogP contribution in [-0.2, 0) is 11.2 Å². The third kappa shape index (κ3) is 2.28. The van der Waals surface area contributed by atoms with Crippen molar-refractivity contribution in [3.05, 3.63) is 48.0 Å². The minimum atomic E-state index is 0.221. The van der Waals surface area contributed by atoms with Crippen LogP contribution >= 0.6 is 0 Å². The van der Waals surface area contributed by atoms with Crippen molar-refractivity contribution in [3.8, 4) is 0 Å². The maximum Gasteiger partial charge on any atom is 0.150 e. The summed E-state index contributed by atoms with van der Waals surface area (Å²) in [5, 5.41) is 5.25. The van der Waals surface area contributed by atoms with Crippen molar-refractivity contribution in [2.75, 3.05) is 13.6 Å². The molecule has 0 aliphatic carbocycles. The molecule has 0 atom stereocenters. The van der Waals surface area contributed by atoms with Crippen molar-refractivity contribution in [1.29, 1.82) is 0 Å². The molecule has 0 fully saturated rings. The van der Waals surface area contributed by atoms with Gasteiger partial charge < -0.3 is 5.32 Å². The lowest BCUT2D eigenvalue weighted by atomic mass is 10.0. The van der Waals surface area contributed by atoms with Gasteiger partial charge in [0.2, 0.25) is 0 Å². The van der Waals surface area contributed by atoms with Crippen LogP contribution in [-0.4, -0.2) is 19.4 Å². The van der Waals surface area contributed by atoms with E-state index in [4.69, 9.17) is 0 Å². The van der Waals surface area contributed by atoms with Gasteiger partial charge in [-0.3, -0.25) is 4.79 Å². The van der Waals surface area contributed by atoms with Gasteiger partial charge in [-0.05, 0) is 23.4 Å². The van der Waals surface area contributed by atoms with Crippen LogP contribution in [0.25, 0.3) is 10.8 Å². The number of Topliss-reactive ketones (excluding diaryl/α,β-unsaturated/α-hetero) is 1. The number of carbonyl (C=O) groups excluding carboxylic acids is 1. The molecule has 0 aliphatic rings. The molecule has 0 saturated heterocycles. The van der Waals surface area contributed by atoms with E-state index in [1.165, 1.54) is 10.8 Å². The summed E-state index contributed by atoms with van der Waals surface area (Å²) in [6.45, 7) is 0.434. The Morgan fingerprint density at radius 3 is 2.69 bits per heavy atom. The quantitative estimate of drug-likeness (QED) is 0.843. The Morgan fingerprint density at radius 1 is 1.12 bits per heavy atom. The lowest BCUT2D eigenvalue weighted by Gasteiger charge is -2.05. The third-order valence-corrected chi connectivity index (χ3v) is 2.64. The van der Waals surface area contributed by atoms with Gasteiger partial charge in [-0.15, -0.1) is 0 Å². The van der Waals surface area contributed by atoms with Gasteiger partial charge in [0.1, 0.15) is 0 Å². The van der Waals surface area contributed by atoms with E-state index in [-0.39, 0.29) is 5.78 Å². The highest BCUT2D eigenvalue weighted by atomic mass is 16.1. The second-order valence-electron chi connectivity index (χ2n) is 3.88. The van der Waals surface area contributed by atoms with Gasteiger partial charge >= 0.3 is 0 Å². The van der Waals surface area contributed by atoms with E-state index < -0.39 is 0 Å². The van der Waals surface area contributed by atoms with E-state index >= 15 is 0 Å². The van der Waals surface area contributed by atoms with Crippen molar-refractivity contribution in [2.24, 2.45) is 0 Å². The number of benzene rings is 2. The number of fused-ring (bicyclic) bond motifs is 1. The molecule has 0 spiro atoms. The Labute approximate surface area is 95.3 Å². The standard InChI is InChI=1S/C14H15NO/c1-15-10-13(16)9-12-7-4-6-11-5-2-3-8-14(11)12/h2-8,15H,9-10H2,1H3. The van der Waals surface area contributed by atoms with Crippen molar-refractivity contribution in [2.45, 2.75) is 6.42 Å². The first-order valence-corrected chi connectivity index (χ1v) is 5.44. The molecule has 2 heteroatoms. The second kappa shape index (κ2) is 4.90. The van der Waals surface area contributed by atoms with Crippen LogP contribution in [0.4, 0.5) is 0 Å². The normalized spacial score (nSPS) is 10.6. The fraction of sp³-hybridized carbons (Fsp3) is 0.214. The molecule has 0 heterocycles. The average molecular weight is 213 g/mol. The van der Waals surface area contributed by atoms with Crippen LogP contribution in [0.15, 0.2) is 42.5 Å². The Bertz CT molecular complexity index is 500. The number of nitrogens with one attached hydrogen (secondary N) is 1. The molecule has 0 aromatic heterocycles. The summed E-state index contributed by atoms with van der Waals surface area (Å²) in [5.74, 6) is 0.221. The van der Waals surface area contributed by atoms with Crippen LogP contribution in [0.5, 0.6) is 0 Å². The number of rotatable bonds is 4. The largest absolute Gasteiger partial charge is 0.313 e. The van der Waals surface area contributed by atoms with Gasteiger partial charge in [0, 0.05) is 6.42 Å². The molecule has 0 unspecified atom stereocenters. The molecule has 2 rings (SSSR count). The van der Waals surface area contributed by atoms with Crippen LogP contribution in [0.3, 0.4) is 0 Å². The summed E-state index contributed by atoms with van der Waals surface area (Å²) >= 11 is 0. The molecule has 0 aliphatic heterocycles. The zero-order valence-corrected chi connectivity index (χ0v) is 9.36. The van der Waals surface area contributed by atoms with Crippen molar-refractivity contribution in [1.82, 2.24) is 5.32 Å². The second-order valence-corrected chi connectivity index (χ2v) is 3.88. The first-order chi connectivity index (χ1) is 7.81. The van der Waals surface area contributed by atoms with E-state index in [9.17, 15) is 4.79 Å². The minimum absolute atomic E-state index is 0.221. The topological polar surface area (TPSA) is 29.1 Å². The summed E-state index contributed by atoms with van der Waals surface area (Å²) in [6, 6.07) is 14.3. The molecule has 1 N–H and O–H groups in total. The first kappa shape index (κ1) is 10.8. The summed E-state index contributed by atoms with van der Waals surface area (Å²) in [5.41, 5.74) is 1.11. The Kier molecular flexibility index (Phi) is 3.32. The van der Waals surface area contributed by atoms with Crippen molar-refractivity contribution in [3.63, 3.8) is 0 Å². The molecule has 2 nitrogen and oxygen atoms in total. The zero-order chi connectivity index (χ0) is 11.4. The Balaban J connectivity index is 2.33. The maximum atomic E-state index is 11.6. The van der Waals surface area contributed by atoms with E-state index in [2.05, 4.69) is 23.5 Å². The van der Waals surface area contributed by atoms with Crippen LogP contribution in [0, 0.1) is 0 Å². The number of carbonyl (C=O) groups is 1. The number of hydrogen-bond donors (Lipinski definition) is 1. The first-order valence-electron chi connectivity index (χ1n) is 5.44. The number of likely N-dealkylation sites (N-methyl/N-ethyl adjacent to an activating group) is 1. The average Bonchev–Trinajstić information content (AvgIpc) is 2.30. The highest BCUT2D eigenvalue weighted by Gasteiger charge is 2.05. The summed E-state index contributed by atoms with van der Waals surface area (Å²) in [4.78, 5) is 11.6. The highest BCUT2D eigenvalue weighted by Crippen LogP contribution is 2.18. The molecular weight excluding hydrogens is 198 g/mol. The Hall–Kier alpha value is -1.67. The van der Waals surface area contributed by atoms with Gasteiger partial charge in [-0.2, -0.15) is 0 Å². The maximum absolute atomic E-state index is 11.6. The van der Waals surface area contributed by atoms with Crippen LogP contribution in [0.2, 0.25) is 0 Å².